The molecule has 6 rings (SSSR count). The molecule has 0 unspecified atom stereocenters. The van der Waals surface area contributed by atoms with E-state index in [9.17, 15) is 8.78 Å². The van der Waals surface area contributed by atoms with Crippen LogP contribution in [0.25, 0.3) is 10.9 Å². The van der Waals surface area contributed by atoms with Crippen molar-refractivity contribution >= 4 is 39.9 Å². The minimum Gasteiger partial charge on any atom is -0.461 e. The Morgan fingerprint density at radius 2 is 2.06 bits per heavy atom. The SMILES string of the molecule is [2H]C([2H])(Oc1nc(N2CCOC[C@H]3[C@H](F)[C@@H]32)c2c(Cl)nc(Cl)c(F)c2n1)[C@@]12CCCN1C[C@H](F)C2. The zero-order chi connectivity index (χ0) is 24.7. The predicted molar refractivity (Wildman–Crippen MR) is 116 cm³/mol. The monoisotopic (exact) mass is 505 g/mol. The van der Waals surface area contributed by atoms with Gasteiger partial charge in [0.25, 0.3) is 0 Å². The number of rotatable bonds is 4. The number of halogens is 5. The van der Waals surface area contributed by atoms with E-state index in [2.05, 4.69) is 15.0 Å². The molecule has 7 nitrogen and oxygen atoms in total. The first-order valence-corrected chi connectivity index (χ1v) is 11.7. The molecule has 0 spiro atoms. The summed E-state index contributed by atoms with van der Waals surface area (Å²) in [7, 11) is 0. The van der Waals surface area contributed by atoms with Crippen LogP contribution in [0, 0.1) is 11.7 Å². The van der Waals surface area contributed by atoms with Gasteiger partial charge in [0.2, 0.25) is 0 Å². The van der Waals surface area contributed by atoms with E-state index in [1.165, 1.54) is 0 Å². The van der Waals surface area contributed by atoms with Crippen molar-refractivity contribution in [3.05, 3.63) is 16.1 Å². The van der Waals surface area contributed by atoms with Crippen LogP contribution in [-0.2, 0) is 4.74 Å². The average Bonchev–Trinajstić information content (AvgIpc) is 3.14. The first-order valence-electron chi connectivity index (χ1n) is 11.9. The summed E-state index contributed by atoms with van der Waals surface area (Å²) in [6, 6.07) is -1.04. The number of anilines is 1. The maximum absolute atomic E-state index is 15.1. The Labute approximate surface area is 201 Å². The predicted octanol–water partition coefficient (Wildman–Crippen LogP) is 3.60. The number of ether oxygens (including phenoxy) is 2. The third kappa shape index (κ3) is 3.52. The molecule has 178 valence electrons. The standard InChI is InChI=1S/C21H22Cl2F3N5O2/c22-17-12-15(14(26)18(23)28-17)27-20(33-9-21-2-1-3-30(21)7-10(24)6-21)29-19(12)31-4-5-32-8-11-13(25)16(11)31/h10-11,13,16H,1-9H2/t10-,11+,13+,16-,21+/m1/s1/i9D2. The highest BCUT2D eigenvalue weighted by Gasteiger charge is 2.56. The number of hydrogen-bond acceptors (Lipinski definition) is 7. The summed E-state index contributed by atoms with van der Waals surface area (Å²) in [6.07, 6.45) is -1.31. The first kappa shape index (κ1) is 19.7. The Balaban J connectivity index is 1.47. The van der Waals surface area contributed by atoms with Crippen LogP contribution in [0.2, 0.25) is 10.3 Å². The van der Waals surface area contributed by atoms with Gasteiger partial charge in [-0.1, -0.05) is 23.2 Å². The highest BCUT2D eigenvalue weighted by atomic mass is 35.5. The van der Waals surface area contributed by atoms with Crippen molar-refractivity contribution in [1.29, 1.82) is 0 Å². The number of alkyl halides is 2. The number of nitrogens with zero attached hydrogens (tertiary/aromatic N) is 5. The van der Waals surface area contributed by atoms with Crippen LogP contribution in [0.1, 0.15) is 22.0 Å². The molecule has 2 aromatic heterocycles. The topological polar surface area (TPSA) is 63.6 Å². The molecule has 4 aliphatic rings. The first-order chi connectivity index (χ1) is 16.6. The molecule has 12 heteroatoms. The van der Waals surface area contributed by atoms with Crippen molar-refractivity contribution in [2.75, 3.05) is 44.3 Å². The van der Waals surface area contributed by atoms with Gasteiger partial charge < -0.3 is 14.4 Å². The van der Waals surface area contributed by atoms with Gasteiger partial charge in [-0.3, -0.25) is 4.90 Å². The van der Waals surface area contributed by atoms with E-state index in [4.69, 9.17) is 35.4 Å². The zero-order valence-electron chi connectivity index (χ0n) is 19.4. The highest BCUT2D eigenvalue weighted by molar-refractivity contribution is 6.37. The number of pyridine rings is 1. The van der Waals surface area contributed by atoms with Gasteiger partial charge in [-0.05, 0) is 19.4 Å². The van der Waals surface area contributed by atoms with Crippen LogP contribution < -0.4 is 9.64 Å². The van der Waals surface area contributed by atoms with Crippen LogP contribution in [0.3, 0.4) is 0 Å². The molecule has 5 atom stereocenters. The summed E-state index contributed by atoms with van der Waals surface area (Å²) in [5.41, 5.74) is -1.52. The van der Waals surface area contributed by atoms with Crippen molar-refractivity contribution < 1.29 is 25.4 Å². The van der Waals surface area contributed by atoms with Gasteiger partial charge >= 0.3 is 6.01 Å². The minimum atomic E-state index is -2.39. The van der Waals surface area contributed by atoms with E-state index in [1.54, 1.807) is 9.80 Å². The molecule has 0 aromatic carbocycles. The summed E-state index contributed by atoms with van der Waals surface area (Å²) in [4.78, 5) is 15.7. The van der Waals surface area contributed by atoms with Crippen molar-refractivity contribution in [2.24, 2.45) is 5.92 Å². The molecule has 5 heterocycles. The van der Waals surface area contributed by atoms with Crippen molar-refractivity contribution in [3.8, 4) is 6.01 Å². The van der Waals surface area contributed by atoms with E-state index >= 15 is 4.39 Å². The number of hydrogen-bond donors (Lipinski definition) is 0. The fourth-order valence-electron chi connectivity index (χ4n) is 5.41. The highest BCUT2D eigenvalue weighted by Crippen LogP contribution is 2.46. The lowest BCUT2D eigenvalue weighted by Gasteiger charge is -2.31. The smallest absolute Gasteiger partial charge is 0.319 e. The zero-order valence-corrected chi connectivity index (χ0v) is 18.9. The number of aromatic nitrogens is 3. The van der Waals surface area contributed by atoms with E-state index < -0.39 is 47.5 Å². The van der Waals surface area contributed by atoms with Gasteiger partial charge in [-0.25, -0.2) is 18.2 Å². The third-order valence-corrected chi connectivity index (χ3v) is 7.57. The van der Waals surface area contributed by atoms with Crippen LogP contribution in [0.5, 0.6) is 6.01 Å². The van der Waals surface area contributed by atoms with Gasteiger partial charge in [0, 0.05) is 25.4 Å². The molecule has 33 heavy (non-hydrogen) atoms. The van der Waals surface area contributed by atoms with Gasteiger partial charge in [-0.15, -0.1) is 0 Å². The molecule has 4 fully saturated rings. The molecule has 1 saturated carbocycles. The van der Waals surface area contributed by atoms with Gasteiger partial charge in [0.1, 0.15) is 35.4 Å². The molecule has 3 saturated heterocycles. The van der Waals surface area contributed by atoms with E-state index in [1.807, 2.05) is 0 Å². The molecular formula is C21H22Cl2F3N5O2. The summed E-state index contributed by atoms with van der Waals surface area (Å²) < 4.78 is 72.7. The molecule has 2 aromatic rings. The molecule has 0 bridgehead atoms. The summed E-state index contributed by atoms with van der Waals surface area (Å²) in [5.74, 6) is -1.31. The molecule has 0 N–H and O–H groups in total. The minimum absolute atomic E-state index is 0.0200. The van der Waals surface area contributed by atoms with Crippen molar-refractivity contribution in [3.63, 3.8) is 0 Å². The molecule has 0 amide bonds. The number of fused-ring (bicyclic) bond motifs is 3. The third-order valence-electron chi connectivity index (χ3n) is 7.05. The van der Waals surface area contributed by atoms with Gasteiger partial charge in [-0.2, -0.15) is 9.97 Å². The van der Waals surface area contributed by atoms with Crippen LogP contribution >= 0.6 is 23.2 Å². The Hall–Kier alpha value is -1.62. The lowest BCUT2D eigenvalue weighted by molar-refractivity contribution is 0.107. The maximum Gasteiger partial charge on any atom is 0.319 e. The van der Waals surface area contributed by atoms with Crippen LogP contribution in [0.15, 0.2) is 0 Å². The second-order valence-corrected chi connectivity index (χ2v) is 9.73. The van der Waals surface area contributed by atoms with E-state index in [0.29, 0.717) is 19.4 Å². The maximum atomic E-state index is 15.1. The average molecular weight is 506 g/mol. The lowest BCUT2D eigenvalue weighted by Crippen LogP contribution is -2.43. The van der Waals surface area contributed by atoms with Crippen molar-refractivity contribution in [1.82, 2.24) is 19.9 Å². The Kier molecular flexibility index (Phi) is 4.75. The summed E-state index contributed by atoms with van der Waals surface area (Å²) >= 11 is 12.2. The second-order valence-electron chi connectivity index (χ2n) is 9.01. The fraction of sp³-hybridized carbons (Fsp3) is 0.667. The Morgan fingerprint density at radius 1 is 1.21 bits per heavy atom. The molecular weight excluding hydrogens is 482 g/mol. The fourth-order valence-corrected chi connectivity index (χ4v) is 5.88. The van der Waals surface area contributed by atoms with Crippen LogP contribution in [0.4, 0.5) is 19.0 Å². The summed E-state index contributed by atoms with van der Waals surface area (Å²) in [6.45, 7) is -0.966. The quantitative estimate of drug-likeness (QED) is 0.588. The summed E-state index contributed by atoms with van der Waals surface area (Å²) in [5, 5.41) is -0.679. The molecule has 0 radical (unpaired) electrons. The van der Waals surface area contributed by atoms with E-state index in [0.717, 1.165) is 0 Å². The largest absolute Gasteiger partial charge is 0.461 e. The normalized spacial score (nSPS) is 35.1. The molecule has 3 aliphatic heterocycles. The Morgan fingerprint density at radius 3 is 2.91 bits per heavy atom. The van der Waals surface area contributed by atoms with Crippen molar-refractivity contribution in [2.45, 2.75) is 43.2 Å². The van der Waals surface area contributed by atoms with Crippen LogP contribution in [-0.4, -0.2) is 83.2 Å². The van der Waals surface area contributed by atoms with Gasteiger partial charge in [0.15, 0.2) is 11.0 Å². The van der Waals surface area contributed by atoms with E-state index in [-0.39, 0.29) is 60.5 Å². The molecule has 1 aliphatic carbocycles. The lowest BCUT2D eigenvalue weighted by atomic mass is 9.95. The second kappa shape index (κ2) is 7.96. The van der Waals surface area contributed by atoms with Gasteiger partial charge in [0.05, 0.1) is 32.9 Å². The Bertz CT molecular complexity index is 1200.